The first-order chi connectivity index (χ1) is 12.7. The van der Waals surface area contributed by atoms with Crippen LogP contribution in [-0.4, -0.2) is 111 Å². The number of guanidine groups is 1. The largest absolute Gasteiger partial charge is 0.378 e. The van der Waals surface area contributed by atoms with Crippen molar-refractivity contribution in [1.82, 2.24) is 20.0 Å². The summed E-state index contributed by atoms with van der Waals surface area (Å²) in [5.74, 6) is 2.47. The molecule has 0 aliphatic carbocycles. The number of nitrogens with zero attached hydrogens (tertiary/aromatic N) is 4. The Labute approximate surface area is 162 Å². The minimum absolute atomic E-state index is 0.233. The molecule has 2 aliphatic rings. The molecule has 150 valence electrons. The maximum Gasteiger partial charge on any atom is 0.236 e. The van der Waals surface area contributed by atoms with Crippen molar-refractivity contribution in [2.75, 3.05) is 84.1 Å². The quantitative estimate of drug-likeness (QED) is 0.375. The van der Waals surface area contributed by atoms with Crippen molar-refractivity contribution in [2.45, 2.75) is 19.8 Å². The molecule has 0 radical (unpaired) electrons. The Morgan fingerprint density at radius 1 is 1.08 bits per heavy atom. The van der Waals surface area contributed by atoms with E-state index >= 15 is 0 Å². The molecule has 2 rings (SSSR count). The molecule has 2 saturated heterocycles. The van der Waals surface area contributed by atoms with Crippen molar-refractivity contribution in [3.63, 3.8) is 0 Å². The highest BCUT2D eigenvalue weighted by Crippen LogP contribution is 2.06. The van der Waals surface area contributed by atoms with Gasteiger partial charge in [0, 0.05) is 52.4 Å². The van der Waals surface area contributed by atoms with Crippen molar-refractivity contribution in [1.29, 1.82) is 0 Å². The molecule has 0 saturated carbocycles. The maximum absolute atomic E-state index is 12.4. The fourth-order valence-electron chi connectivity index (χ4n) is 3.19. The van der Waals surface area contributed by atoms with Gasteiger partial charge in [-0.2, -0.15) is 11.8 Å². The lowest BCUT2D eigenvalue weighted by molar-refractivity contribution is -0.136. The van der Waals surface area contributed by atoms with Crippen LogP contribution in [-0.2, 0) is 9.53 Å². The van der Waals surface area contributed by atoms with Gasteiger partial charge in [0.1, 0.15) is 0 Å². The number of carbonyl (C=O) groups is 1. The van der Waals surface area contributed by atoms with E-state index in [0.717, 1.165) is 64.7 Å². The number of hydrogen-bond acceptors (Lipinski definition) is 5. The molecule has 0 spiro atoms. The van der Waals surface area contributed by atoms with Crippen LogP contribution in [0.2, 0.25) is 0 Å². The number of thioether (sulfide) groups is 1. The molecule has 2 aliphatic heterocycles. The van der Waals surface area contributed by atoms with Crippen molar-refractivity contribution in [2.24, 2.45) is 4.99 Å². The van der Waals surface area contributed by atoms with Gasteiger partial charge in [0.25, 0.3) is 0 Å². The third kappa shape index (κ3) is 7.32. The molecule has 0 bridgehead atoms. The SMILES string of the molecule is CCNC(=NCCCCSC)N1CCN(CC(=O)N2CCOCC2)CC1. The molecular weight excluding hydrogens is 350 g/mol. The lowest BCUT2D eigenvalue weighted by Gasteiger charge is -2.37. The molecule has 0 aromatic heterocycles. The smallest absolute Gasteiger partial charge is 0.236 e. The topological polar surface area (TPSA) is 60.4 Å². The summed E-state index contributed by atoms with van der Waals surface area (Å²) in [4.78, 5) is 23.7. The number of piperazine rings is 1. The van der Waals surface area contributed by atoms with Gasteiger partial charge >= 0.3 is 0 Å². The molecule has 2 heterocycles. The average Bonchev–Trinajstić information content (AvgIpc) is 2.68. The molecule has 1 amide bonds. The number of nitrogens with one attached hydrogen (secondary N) is 1. The third-order valence-electron chi connectivity index (χ3n) is 4.75. The first kappa shape index (κ1) is 21.3. The summed E-state index contributed by atoms with van der Waals surface area (Å²) in [6.07, 6.45) is 4.52. The lowest BCUT2D eigenvalue weighted by atomic mass is 10.3. The van der Waals surface area contributed by atoms with Crippen molar-refractivity contribution >= 4 is 23.6 Å². The van der Waals surface area contributed by atoms with E-state index in [1.54, 1.807) is 0 Å². The van der Waals surface area contributed by atoms with Crippen LogP contribution in [0.3, 0.4) is 0 Å². The predicted octanol–water partition coefficient (Wildman–Crippen LogP) is 0.572. The molecule has 2 fully saturated rings. The summed E-state index contributed by atoms with van der Waals surface area (Å²) in [6, 6.07) is 0. The highest BCUT2D eigenvalue weighted by atomic mass is 32.2. The molecule has 0 aromatic carbocycles. The number of unbranched alkanes of at least 4 members (excludes halogenated alkanes) is 1. The Morgan fingerprint density at radius 3 is 2.46 bits per heavy atom. The summed E-state index contributed by atoms with van der Waals surface area (Å²) < 4.78 is 5.32. The highest BCUT2D eigenvalue weighted by molar-refractivity contribution is 7.98. The number of morpholine rings is 1. The Balaban J connectivity index is 1.73. The number of carbonyl (C=O) groups excluding carboxylic acids is 1. The summed E-state index contributed by atoms with van der Waals surface area (Å²) in [7, 11) is 0. The van der Waals surface area contributed by atoms with Crippen molar-refractivity contribution < 1.29 is 9.53 Å². The Morgan fingerprint density at radius 2 is 1.81 bits per heavy atom. The zero-order valence-electron chi connectivity index (χ0n) is 16.4. The molecule has 8 heteroatoms. The average molecular weight is 386 g/mol. The summed E-state index contributed by atoms with van der Waals surface area (Å²) in [5, 5.41) is 3.41. The molecular formula is C18H35N5O2S. The lowest BCUT2D eigenvalue weighted by Crippen LogP contribution is -2.54. The monoisotopic (exact) mass is 385 g/mol. The van der Waals surface area contributed by atoms with Crippen LogP contribution in [0.15, 0.2) is 4.99 Å². The second-order valence-electron chi connectivity index (χ2n) is 6.69. The van der Waals surface area contributed by atoms with E-state index in [0.29, 0.717) is 19.8 Å². The third-order valence-corrected chi connectivity index (χ3v) is 5.44. The number of aliphatic imine (C=N–C) groups is 1. The van der Waals surface area contributed by atoms with Crippen molar-refractivity contribution in [3.8, 4) is 0 Å². The van der Waals surface area contributed by atoms with Crippen LogP contribution in [0.1, 0.15) is 19.8 Å². The van der Waals surface area contributed by atoms with E-state index in [4.69, 9.17) is 9.73 Å². The van der Waals surface area contributed by atoms with Gasteiger partial charge in [-0.1, -0.05) is 0 Å². The van der Waals surface area contributed by atoms with E-state index in [9.17, 15) is 4.79 Å². The first-order valence-corrected chi connectivity index (χ1v) is 11.2. The first-order valence-electron chi connectivity index (χ1n) is 9.84. The summed E-state index contributed by atoms with van der Waals surface area (Å²) in [6.45, 7) is 10.9. The minimum Gasteiger partial charge on any atom is -0.378 e. The zero-order valence-corrected chi connectivity index (χ0v) is 17.2. The Hall–Kier alpha value is -0.990. The predicted molar refractivity (Wildman–Crippen MR) is 109 cm³/mol. The van der Waals surface area contributed by atoms with Crippen LogP contribution in [0.4, 0.5) is 0 Å². The van der Waals surface area contributed by atoms with E-state index < -0.39 is 0 Å². The van der Waals surface area contributed by atoms with Crippen LogP contribution in [0, 0.1) is 0 Å². The van der Waals surface area contributed by atoms with Gasteiger partial charge in [-0.05, 0) is 31.8 Å². The fraction of sp³-hybridized carbons (Fsp3) is 0.889. The van der Waals surface area contributed by atoms with E-state index in [2.05, 4.69) is 28.3 Å². The summed E-state index contributed by atoms with van der Waals surface area (Å²) >= 11 is 1.90. The normalized spacial score (nSPS) is 19.7. The number of amides is 1. The van der Waals surface area contributed by atoms with Gasteiger partial charge in [-0.15, -0.1) is 0 Å². The highest BCUT2D eigenvalue weighted by Gasteiger charge is 2.24. The van der Waals surface area contributed by atoms with Crippen molar-refractivity contribution in [3.05, 3.63) is 0 Å². The van der Waals surface area contributed by atoms with Gasteiger partial charge in [-0.25, -0.2) is 0 Å². The van der Waals surface area contributed by atoms with Crippen LogP contribution < -0.4 is 5.32 Å². The van der Waals surface area contributed by atoms with Crippen LogP contribution >= 0.6 is 11.8 Å². The molecule has 0 unspecified atom stereocenters. The van der Waals surface area contributed by atoms with Gasteiger partial charge < -0.3 is 19.9 Å². The van der Waals surface area contributed by atoms with Crippen LogP contribution in [0.25, 0.3) is 0 Å². The van der Waals surface area contributed by atoms with E-state index in [-0.39, 0.29) is 5.91 Å². The molecule has 0 atom stereocenters. The zero-order chi connectivity index (χ0) is 18.6. The standard InChI is InChI=1S/C18H35N5O2S/c1-3-19-18(20-6-4-5-15-26-2)23-9-7-21(8-10-23)16-17(24)22-11-13-25-14-12-22/h3-16H2,1-2H3,(H,19,20). The summed E-state index contributed by atoms with van der Waals surface area (Å²) in [5.41, 5.74) is 0. The molecule has 7 nitrogen and oxygen atoms in total. The maximum atomic E-state index is 12.4. The number of hydrogen-bond donors (Lipinski definition) is 1. The number of ether oxygens (including phenoxy) is 1. The second kappa shape index (κ2) is 12.4. The van der Waals surface area contributed by atoms with Gasteiger partial charge in [-0.3, -0.25) is 14.7 Å². The van der Waals surface area contributed by atoms with E-state index in [1.165, 1.54) is 12.2 Å². The Kier molecular flexibility index (Phi) is 10.2. The van der Waals surface area contributed by atoms with Gasteiger partial charge in [0.15, 0.2) is 5.96 Å². The van der Waals surface area contributed by atoms with E-state index in [1.807, 2.05) is 16.7 Å². The minimum atomic E-state index is 0.233. The fourth-order valence-corrected chi connectivity index (χ4v) is 3.68. The Bertz CT molecular complexity index is 435. The second-order valence-corrected chi connectivity index (χ2v) is 7.68. The molecule has 1 N–H and O–H groups in total. The van der Waals surface area contributed by atoms with Crippen LogP contribution in [0.5, 0.6) is 0 Å². The van der Waals surface area contributed by atoms with Gasteiger partial charge in [0.2, 0.25) is 5.91 Å². The van der Waals surface area contributed by atoms with Gasteiger partial charge in [0.05, 0.1) is 19.8 Å². The molecule has 0 aromatic rings. The molecule has 26 heavy (non-hydrogen) atoms. The number of rotatable bonds is 8.